The first kappa shape index (κ1) is 17.5. The number of fused-ring (bicyclic) bond motifs is 4. The van der Waals surface area contributed by atoms with E-state index < -0.39 is 23.9 Å². The minimum absolute atomic E-state index is 0.176. The van der Waals surface area contributed by atoms with Gasteiger partial charge in [0.15, 0.2) is 5.54 Å². The molecule has 0 bridgehead atoms. The lowest BCUT2D eigenvalue weighted by Gasteiger charge is -2.47. The number of halogens is 1. The van der Waals surface area contributed by atoms with Gasteiger partial charge in [0.1, 0.15) is 24.2 Å². The summed E-state index contributed by atoms with van der Waals surface area (Å²) < 4.78 is 26.5. The Morgan fingerprint density at radius 1 is 1.39 bits per heavy atom. The lowest BCUT2D eigenvalue weighted by Crippen LogP contribution is -2.64. The zero-order valence-electron chi connectivity index (χ0n) is 15.4. The number of hydrogen-bond acceptors (Lipinski definition) is 6. The highest BCUT2D eigenvalue weighted by Gasteiger charge is 2.62. The lowest BCUT2D eigenvalue weighted by molar-refractivity contribution is -0.153. The van der Waals surface area contributed by atoms with Gasteiger partial charge in [0.2, 0.25) is 5.95 Å². The van der Waals surface area contributed by atoms with Gasteiger partial charge in [-0.15, -0.1) is 0 Å². The molecule has 2 fully saturated rings. The van der Waals surface area contributed by atoms with E-state index in [-0.39, 0.29) is 12.0 Å². The average Bonchev–Trinajstić information content (AvgIpc) is 2.93. The highest BCUT2D eigenvalue weighted by atomic mass is 19.1. The standard InChI is InChI=1S/C20H21FN4O3/c1-25-18(26)20(24-19(25)22)13-10-11(12-4-2-8-23-17(12)21)6-7-14(13)28-15-5-3-9-27-16(15)20/h2,4,6-8,10,15-16,19,24H,3,5,9,22H2,1H3/t15-,16-,19?,20-/m0/s1. The Hall–Kier alpha value is -2.55. The van der Waals surface area contributed by atoms with E-state index in [2.05, 4.69) is 10.3 Å². The van der Waals surface area contributed by atoms with E-state index in [0.29, 0.717) is 29.0 Å². The van der Waals surface area contributed by atoms with E-state index in [0.717, 1.165) is 12.8 Å². The first-order valence-corrected chi connectivity index (χ1v) is 9.36. The molecule has 3 aliphatic heterocycles. The molecule has 1 aromatic heterocycles. The SMILES string of the molecule is CN1C(=O)[C@]2(NC1N)c1cc(-c3cccnc3F)ccc1O[C@H]1CCCO[C@@H]12. The summed E-state index contributed by atoms with van der Waals surface area (Å²) >= 11 is 0. The molecule has 1 unspecified atom stereocenters. The van der Waals surface area contributed by atoms with Gasteiger partial charge in [-0.05, 0) is 42.7 Å². The zero-order chi connectivity index (χ0) is 19.5. The van der Waals surface area contributed by atoms with Crippen molar-refractivity contribution < 1.29 is 18.7 Å². The van der Waals surface area contributed by atoms with E-state index >= 15 is 0 Å². The van der Waals surface area contributed by atoms with E-state index in [1.54, 1.807) is 37.4 Å². The highest BCUT2D eigenvalue weighted by molar-refractivity contribution is 5.92. The molecule has 2 saturated heterocycles. The van der Waals surface area contributed by atoms with Gasteiger partial charge in [0, 0.05) is 31.0 Å². The van der Waals surface area contributed by atoms with E-state index in [9.17, 15) is 9.18 Å². The molecule has 2 aromatic rings. The molecular weight excluding hydrogens is 363 g/mol. The number of amides is 1. The van der Waals surface area contributed by atoms with Gasteiger partial charge in [-0.25, -0.2) is 4.98 Å². The van der Waals surface area contributed by atoms with Crippen LogP contribution in [0, 0.1) is 5.95 Å². The molecule has 7 nitrogen and oxygen atoms in total. The van der Waals surface area contributed by atoms with Crippen LogP contribution in [-0.2, 0) is 15.1 Å². The van der Waals surface area contributed by atoms with Crippen molar-refractivity contribution in [2.24, 2.45) is 5.73 Å². The summed E-state index contributed by atoms with van der Waals surface area (Å²) in [4.78, 5) is 18.6. The number of pyridine rings is 1. The molecule has 1 aromatic carbocycles. The van der Waals surface area contributed by atoms with Crippen LogP contribution in [-0.4, -0.2) is 47.9 Å². The quantitative estimate of drug-likeness (QED) is 0.721. The number of carbonyl (C=O) groups is 1. The molecular formula is C20H21FN4O3. The second kappa shape index (κ2) is 6.23. The Labute approximate surface area is 161 Å². The Bertz CT molecular complexity index is 955. The monoisotopic (exact) mass is 384 g/mol. The Balaban J connectivity index is 1.71. The normalized spacial score (nSPS) is 31.5. The van der Waals surface area contributed by atoms with Gasteiger partial charge in [0.25, 0.3) is 5.91 Å². The Morgan fingerprint density at radius 2 is 2.25 bits per heavy atom. The summed E-state index contributed by atoms with van der Waals surface area (Å²) in [5, 5.41) is 3.26. The molecule has 4 atom stereocenters. The van der Waals surface area contributed by atoms with Crippen molar-refractivity contribution in [2.75, 3.05) is 13.7 Å². The van der Waals surface area contributed by atoms with Crippen LogP contribution >= 0.6 is 0 Å². The van der Waals surface area contributed by atoms with Crippen molar-refractivity contribution in [1.29, 1.82) is 0 Å². The summed E-state index contributed by atoms with van der Waals surface area (Å²) in [6, 6.07) is 8.66. The third kappa shape index (κ3) is 2.32. The summed E-state index contributed by atoms with van der Waals surface area (Å²) in [6.45, 7) is 0.548. The van der Waals surface area contributed by atoms with Crippen LogP contribution in [0.5, 0.6) is 5.75 Å². The van der Waals surface area contributed by atoms with Crippen molar-refractivity contribution >= 4 is 5.91 Å². The maximum absolute atomic E-state index is 14.3. The topological polar surface area (TPSA) is 89.7 Å². The molecule has 0 saturated carbocycles. The van der Waals surface area contributed by atoms with E-state index in [1.165, 1.54) is 11.1 Å². The summed E-state index contributed by atoms with van der Waals surface area (Å²) in [6.07, 6.45) is 1.64. The van der Waals surface area contributed by atoms with E-state index in [4.69, 9.17) is 15.2 Å². The van der Waals surface area contributed by atoms with Crippen molar-refractivity contribution in [2.45, 2.75) is 36.9 Å². The molecule has 28 heavy (non-hydrogen) atoms. The summed E-state index contributed by atoms with van der Waals surface area (Å²) in [7, 11) is 1.66. The molecule has 5 rings (SSSR count). The molecule has 146 valence electrons. The lowest BCUT2D eigenvalue weighted by atomic mass is 9.76. The number of nitrogens with zero attached hydrogens (tertiary/aromatic N) is 2. The Morgan fingerprint density at radius 3 is 3.00 bits per heavy atom. The predicted octanol–water partition coefficient (Wildman–Crippen LogP) is 1.33. The smallest absolute Gasteiger partial charge is 0.252 e. The van der Waals surface area contributed by atoms with Crippen molar-refractivity contribution in [3.05, 3.63) is 48.0 Å². The molecule has 4 heterocycles. The van der Waals surface area contributed by atoms with Crippen LogP contribution < -0.4 is 15.8 Å². The fourth-order valence-corrected chi connectivity index (χ4v) is 4.50. The summed E-state index contributed by atoms with van der Waals surface area (Å²) in [5.41, 5.74) is 6.57. The van der Waals surface area contributed by atoms with Gasteiger partial charge in [0.05, 0.1) is 0 Å². The van der Waals surface area contributed by atoms with Gasteiger partial charge in [-0.1, -0.05) is 6.07 Å². The van der Waals surface area contributed by atoms with Crippen molar-refractivity contribution in [3.8, 4) is 16.9 Å². The number of nitrogens with two attached hydrogens (primary N) is 1. The van der Waals surface area contributed by atoms with Gasteiger partial charge in [-0.3, -0.25) is 15.8 Å². The minimum Gasteiger partial charge on any atom is -0.487 e. The largest absolute Gasteiger partial charge is 0.487 e. The second-order valence-corrected chi connectivity index (χ2v) is 7.46. The van der Waals surface area contributed by atoms with Crippen molar-refractivity contribution in [1.82, 2.24) is 15.2 Å². The molecule has 3 N–H and O–H groups in total. The number of rotatable bonds is 1. The number of benzene rings is 1. The molecule has 3 aliphatic rings. The van der Waals surface area contributed by atoms with Gasteiger partial charge >= 0.3 is 0 Å². The van der Waals surface area contributed by atoms with E-state index in [1.807, 2.05) is 0 Å². The fraction of sp³-hybridized carbons (Fsp3) is 0.400. The van der Waals surface area contributed by atoms with Gasteiger partial charge < -0.3 is 14.4 Å². The average molecular weight is 384 g/mol. The van der Waals surface area contributed by atoms with Crippen molar-refractivity contribution in [3.63, 3.8) is 0 Å². The summed E-state index contributed by atoms with van der Waals surface area (Å²) in [5.74, 6) is -0.159. The zero-order valence-corrected chi connectivity index (χ0v) is 15.4. The fourth-order valence-electron chi connectivity index (χ4n) is 4.50. The number of hydrogen-bond donors (Lipinski definition) is 2. The van der Waals surface area contributed by atoms with Crippen LogP contribution in [0.25, 0.3) is 11.1 Å². The number of carbonyl (C=O) groups excluding carboxylic acids is 1. The molecule has 1 amide bonds. The number of ether oxygens (including phenoxy) is 2. The molecule has 1 spiro atoms. The Kier molecular flexibility index (Phi) is 3.90. The molecule has 0 aliphatic carbocycles. The maximum Gasteiger partial charge on any atom is 0.252 e. The number of aromatic nitrogens is 1. The first-order valence-electron chi connectivity index (χ1n) is 9.36. The first-order chi connectivity index (χ1) is 13.5. The van der Waals surface area contributed by atoms with Crippen LogP contribution in [0.3, 0.4) is 0 Å². The molecule has 8 heteroatoms. The van der Waals surface area contributed by atoms with Crippen LogP contribution in [0.2, 0.25) is 0 Å². The molecule has 0 radical (unpaired) electrons. The second-order valence-electron chi connectivity index (χ2n) is 7.46. The van der Waals surface area contributed by atoms with Gasteiger partial charge in [-0.2, -0.15) is 4.39 Å². The maximum atomic E-state index is 14.3. The minimum atomic E-state index is -1.17. The van der Waals surface area contributed by atoms with Crippen LogP contribution in [0.1, 0.15) is 18.4 Å². The number of nitrogens with one attached hydrogen (secondary N) is 1. The third-order valence-electron chi connectivity index (χ3n) is 5.90. The third-order valence-corrected chi connectivity index (χ3v) is 5.90. The number of likely N-dealkylation sites (N-methyl/N-ethyl adjacent to an activating group) is 1. The van der Waals surface area contributed by atoms with Crippen LogP contribution in [0.15, 0.2) is 36.5 Å². The highest BCUT2D eigenvalue weighted by Crippen LogP contribution is 2.48. The predicted molar refractivity (Wildman–Crippen MR) is 98.6 cm³/mol. The van der Waals surface area contributed by atoms with Crippen LogP contribution in [0.4, 0.5) is 4.39 Å².